The third-order valence-electron chi connectivity index (χ3n) is 11.6. The van der Waals surface area contributed by atoms with Crippen molar-refractivity contribution in [1.29, 1.82) is 0 Å². The molecular formula is C37H55N5O6. The Kier molecular flexibility index (Phi) is 9.92. The van der Waals surface area contributed by atoms with E-state index in [2.05, 4.69) is 35.9 Å². The van der Waals surface area contributed by atoms with Gasteiger partial charge in [-0.15, -0.1) is 0 Å². The van der Waals surface area contributed by atoms with Crippen LogP contribution in [0.5, 0.6) is 5.75 Å². The highest BCUT2D eigenvalue weighted by Gasteiger charge is 2.70. The summed E-state index contributed by atoms with van der Waals surface area (Å²) in [6.45, 7) is 12.3. The zero-order valence-electron chi connectivity index (χ0n) is 29.7. The van der Waals surface area contributed by atoms with Crippen molar-refractivity contribution in [3.8, 4) is 5.75 Å². The van der Waals surface area contributed by atoms with Gasteiger partial charge in [-0.25, -0.2) is 4.79 Å². The molecule has 5 atom stereocenters. The van der Waals surface area contributed by atoms with Crippen molar-refractivity contribution < 1.29 is 28.7 Å². The summed E-state index contributed by atoms with van der Waals surface area (Å²) in [7, 11) is 1.66. The highest BCUT2D eigenvalue weighted by molar-refractivity contribution is 6.37. The number of ether oxygens (including phenoxy) is 1. The van der Waals surface area contributed by atoms with E-state index >= 15 is 0 Å². The number of methoxy groups -OCH3 is 1. The Bertz CT molecular complexity index is 1440. The Labute approximate surface area is 284 Å². The molecule has 11 heteroatoms. The molecule has 48 heavy (non-hydrogen) atoms. The van der Waals surface area contributed by atoms with E-state index in [4.69, 9.17) is 10.5 Å². The van der Waals surface area contributed by atoms with Crippen molar-refractivity contribution in [3.63, 3.8) is 0 Å². The van der Waals surface area contributed by atoms with Gasteiger partial charge in [0.1, 0.15) is 17.8 Å². The number of nitrogens with one attached hydrogen (secondary N) is 3. The van der Waals surface area contributed by atoms with Crippen molar-refractivity contribution >= 4 is 29.5 Å². The maximum atomic E-state index is 14.5. The minimum atomic E-state index is -1.08. The summed E-state index contributed by atoms with van der Waals surface area (Å²) in [6, 6.07) is 2.82. The van der Waals surface area contributed by atoms with Crippen molar-refractivity contribution in [2.45, 2.75) is 123 Å². The Hall–Kier alpha value is -3.63. The van der Waals surface area contributed by atoms with Crippen molar-refractivity contribution in [2.75, 3.05) is 13.7 Å². The van der Waals surface area contributed by atoms with Crippen LogP contribution in [0.15, 0.2) is 18.2 Å². The molecule has 5 N–H and O–H groups in total. The lowest BCUT2D eigenvalue weighted by molar-refractivity contribution is -0.145. The van der Waals surface area contributed by atoms with Crippen molar-refractivity contribution in [3.05, 3.63) is 29.3 Å². The predicted octanol–water partition coefficient (Wildman–Crippen LogP) is 3.79. The summed E-state index contributed by atoms with van der Waals surface area (Å²) in [5, 5.41) is 9.16. The van der Waals surface area contributed by atoms with Gasteiger partial charge in [-0.2, -0.15) is 0 Å². The monoisotopic (exact) mass is 665 g/mol. The number of amides is 5. The van der Waals surface area contributed by atoms with E-state index in [1.165, 1.54) is 0 Å². The zero-order chi connectivity index (χ0) is 35.2. The second-order valence-electron chi connectivity index (χ2n) is 16.5. The summed E-state index contributed by atoms with van der Waals surface area (Å²) in [6.07, 6.45) is 7.62. The van der Waals surface area contributed by atoms with Crippen LogP contribution in [0.1, 0.15) is 97.1 Å². The highest BCUT2D eigenvalue weighted by atomic mass is 16.5. The molecule has 1 aromatic rings. The van der Waals surface area contributed by atoms with E-state index in [0.717, 1.165) is 61.8 Å². The molecule has 1 unspecified atom stereocenters. The first-order valence-corrected chi connectivity index (χ1v) is 17.6. The molecule has 11 nitrogen and oxygen atoms in total. The molecule has 5 amide bonds. The standard InChI is InChI=1S/C37H55N5O6/c1-21-23(12-11-13-26(21)48-7)19-37(16-9-8-10-17-37)41-34(47)40-30(35(2,3)4)33(46)42-20-24-27(36(24,5)6)28(42)32(45)39-25(18-22-14-15-22)29(43)31(38)44/h11-13,22,24-25,27-28,30H,8-10,14-20H2,1-7H3,(H2,38,44)(H,39,45)(H2,40,41,47)/t24-,25?,27-,28-,30+/m0/s1. The first-order chi connectivity index (χ1) is 22.5. The summed E-state index contributed by atoms with van der Waals surface area (Å²) in [4.78, 5) is 68.4. The van der Waals surface area contributed by atoms with E-state index in [1.807, 2.05) is 39.8 Å². The molecule has 1 saturated heterocycles. The molecule has 0 spiro atoms. The number of fused-ring (bicyclic) bond motifs is 1. The lowest BCUT2D eigenvalue weighted by atomic mass is 9.76. The molecule has 5 rings (SSSR count). The third kappa shape index (κ3) is 7.34. The van der Waals surface area contributed by atoms with Crippen molar-refractivity contribution in [2.24, 2.45) is 34.3 Å². The molecule has 4 aliphatic rings. The number of carbonyl (C=O) groups excluding carboxylic acids is 5. The summed E-state index contributed by atoms with van der Waals surface area (Å²) in [5.41, 5.74) is 6.19. The Morgan fingerprint density at radius 3 is 2.29 bits per heavy atom. The topological polar surface area (TPSA) is 160 Å². The van der Waals surface area contributed by atoms with Gasteiger partial charge in [0.25, 0.3) is 5.91 Å². The van der Waals surface area contributed by atoms with Gasteiger partial charge in [0, 0.05) is 12.1 Å². The van der Waals surface area contributed by atoms with Gasteiger partial charge < -0.3 is 31.3 Å². The van der Waals surface area contributed by atoms with E-state index in [1.54, 1.807) is 12.0 Å². The van der Waals surface area contributed by atoms with Gasteiger partial charge >= 0.3 is 6.03 Å². The van der Waals surface area contributed by atoms with Crippen LogP contribution in [-0.2, 0) is 25.6 Å². The third-order valence-corrected chi connectivity index (χ3v) is 11.6. The van der Waals surface area contributed by atoms with Crippen LogP contribution < -0.4 is 26.4 Å². The van der Waals surface area contributed by atoms with Crippen molar-refractivity contribution in [1.82, 2.24) is 20.9 Å². The Balaban J connectivity index is 1.35. The number of carbonyl (C=O) groups is 5. The Morgan fingerprint density at radius 2 is 1.71 bits per heavy atom. The maximum absolute atomic E-state index is 14.5. The number of hydrogen-bond acceptors (Lipinski definition) is 6. The normalized spacial score (nSPS) is 25.2. The number of likely N-dealkylation sites (tertiary alicyclic amines) is 1. The Morgan fingerprint density at radius 1 is 1.04 bits per heavy atom. The summed E-state index contributed by atoms with van der Waals surface area (Å²) in [5.74, 6) is -1.59. The maximum Gasteiger partial charge on any atom is 0.315 e. The van der Waals surface area contributed by atoms with Crippen LogP contribution in [0.3, 0.4) is 0 Å². The van der Waals surface area contributed by atoms with Gasteiger partial charge in [-0.3, -0.25) is 19.2 Å². The minimum Gasteiger partial charge on any atom is -0.496 e. The van der Waals surface area contributed by atoms with Crippen LogP contribution in [-0.4, -0.2) is 71.8 Å². The van der Waals surface area contributed by atoms with E-state index in [0.29, 0.717) is 19.4 Å². The smallest absolute Gasteiger partial charge is 0.315 e. The number of hydrogen-bond donors (Lipinski definition) is 4. The molecule has 3 saturated carbocycles. The SMILES string of the molecule is COc1cccc(CC2(NC(=O)N[C@H](C(=O)N3C[C@H]4[C@@H]([C@H]3C(=O)NC(CC3CC3)C(=O)C(N)=O)C4(C)C)C(C)(C)C)CCCCC2)c1C. The molecule has 1 aromatic carbocycles. The average Bonchev–Trinajstić information content (AvgIpc) is 3.87. The van der Waals surface area contributed by atoms with Crippen LogP contribution in [0.2, 0.25) is 0 Å². The lowest BCUT2D eigenvalue weighted by Crippen LogP contribution is -2.63. The number of ketones is 1. The predicted molar refractivity (Wildman–Crippen MR) is 182 cm³/mol. The van der Waals surface area contributed by atoms with Crippen LogP contribution in [0, 0.1) is 35.5 Å². The molecule has 4 fully saturated rings. The fraction of sp³-hybridized carbons (Fsp3) is 0.703. The van der Waals surface area contributed by atoms with Gasteiger partial charge in [0.05, 0.1) is 13.2 Å². The first kappa shape index (κ1) is 35.7. The van der Waals surface area contributed by atoms with E-state index in [-0.39, 0.29) is 29.1 Å². The molecule has 0 bridgehead atoms. The van der Waals surface area contributed by atoms with Gasteiger partial charge in [0.2, 0.25) is 17.6 Å². The second-order valence-corrected chi connectivity index (χ2v) is 16.5. The van der Waals surface area contributed by atoms with Crippen LogP contribution in [0.25, 0.3) is 0 Å². The molecule has 3 aliphatic carbocycles. The number of benzene rings is 1. The van der Waals surface area contributed by atoms with Gasteiger partial charge in [-0.1, -0.05) is 78.9 Å². The first-order valence-electron chi connectivity index (χ1n) is 17.6. The molecule has 1 heterocycles. The van der Waals surface area contributed by atoms with Gasteiger partial charge in [-0.05, 0) is 78.4 Å². The number of urea groups is 1. The average molecular weight is 666 g/mol. The highest BCUT2D eigenvalue weighted by Crippen LogP contribution is 2.65. The number of nitrogens with two attached hydrogens (primary N) is 1. The lowest BCUT2D eigenvalue weighted by Gasteiger charge is -2.41. The molecule has 0 radical (unpaired) electrons. The second kappa shape index (κ2) is 13.3. The van der Waals surface area contributed by atoms with E-state index < -0.39 is 52.7 Å². The number of Topliss-reactive ketones (excluding diaryl/α,β-unsaturated/α-hetero) is 1. The number of piperidine rings is 1. The van der Waals surface area contributed by atoms with Crippen LogP contribution in [0.4, 0.5) is 4.79 Å². The summed E-state index contributed by atoms with van der Waals surface area (Å²) < 4.78 is 5.56. The molecule has 1 aliphatic heterocycles. The fourth-order valence-corrected chi connectivity index (χ4v) is 8.39. The number of rotatable bonds is 12. The quantitative estimate of drug-likeness (QED) is 0.249. The molecule has 0 aromatic heterocycles. The van der Waals surface area contributed by atoms with Crippen LogP contribution >= 0.6 is 0 Å². The summed E-state index contributed by atoms with van der Waals surface area (Å²) >= 11 is 0. The number of nitrogens with zero attached hydrogens (tertiary/aromatic N) is 1. The molecular weight excluding hydrogens is 610 g/mol. The largest absolute Gasteiger partial charge is 0.496 e. The minimum absolute atomic E-state index is 0.0993. The van der Waals surface area contributed by atoms with E-state index in [9.17, 15) is 24.0 Å². The fourth-order valence-electron chi connectivity index (χ4n) is 8.39. The number of primary amides is 1. The zero-order valence-corrected chi connectivity index (χ0v) is 29.7. The van der Waals surface area contributed by atoms with Gasteiger partial charge in [0.15, 0.2) is 0 Å². The molecule has 264 valence electrons.